The van der Waals surface area contributed by atoms with Crippen molar-refractivity contribution >= 4 is 6.29 Å². The van der Waals surface area contributed by atoms with Gasteiger partial charge in [-0.3, -0.25) is 4.79 Å². The van der Waals surface area contributed by atoms with Crippen molar-refractivity contribution in [3.63, 3.8) is 0 Å². The number of hydrogen-bond donors (Lipinski definition) is 0. The smallest absolute Gasteiger partial charge is 0.369 e. The summed E-state index contributed by atoms with van der Waals surface area (Å²) in [4.78, 5) is 11.9. The molecule has 0 amide bonds. The van der Waals surface area contributed by atoms with Crippen molar-refractivity contribution in [1.29, 1.82) is 0 Å². The van der Waals surface area contributed by atoms with Gasteiger partial charge in [-0.25, -0.2) is 0 Å². The number of rotatable bonds is 9. The van der Waals surface area contributed by atoms with Crippen LogP contribution in [0.4, 0.5) is 57.1 Å². The van der Waals surface area contributed by atoms with Crippen LogP contribution in [0, 0.1) is 0 Å². The summed E-state index contributed by atoms with van der Waals surface area (Å²) < 4.78 is 178. The Morgan fingerprint density at radius 2 is 1.17 bits per heavy atom. The number of halogens is 13. The van der Waals surface area contributed by atoms with Crippen LogP contribution in [0.1, 0.15) is 18.4 Å². The number of carbonyl (C=O) groups is 1. The molecule has 0 N–H and O–H groups in total. The van der Waals surface area contributed by atoms with Crippen molar-refractivity contribution in [3.8, 4) is 0 Å². The van der Waals surface area contributed by atoms with E-state index in [1.165, 1.54) is 30.3 Å². The molecule has 0 unspecified atom stereocenters. The van der Waals surface area contributed by atoms with Crippen molar-refractivity contribution in [2.24, 2.45) is 0 Å². The molecular weight excluding hydrogens is 517 g/mol. The number of nitrogens with zero attached hydrogens (tertiary/aromatic N) is 1. The maximum Gasteiger partial charge on any atom is 0.460 e. The van der Waals surface area contributed by atoms with Gasteiger partial charge in [0.05, 0.1) is 5.70 Å². The molecule has 2 rings (SSSR count). The standard InChI is InChI=1S/C20H16F13NO/c21-15(22,16(23,24)17(25,26)18(27,28)19(29,30)20(31,32)33)14(34-8-4-5-9-34)13(11-35)10-12-6-2-1-3-7-12/h1-3,6-7,11H,4-5,8-10H2/b14-13+. The highest BCUT2D eigenvalue weighted by Gasteiger charge is 2.91. The lowest BCUT2D eigenvalue weighted by Crippen LogP contribution is -2.70. The summed E-state index contributed by atoms with van der Waals surface area (Å²) in [7, 11) is 0. The van der Waals surface area contributed by atoms with E-state index in [2.05, 4.69) is 0 Å². The van der Waals surface area contributed by atoms with Gasteiger partial charge in [-0.2, -0.15) is 57.1 Å². The second kappa shape index (κ2) is 9.19. The van der Waals surface area contributed by atoms with E-state index < -0.39 is 72.9 Å². The summed E-state index contributed by atoms with van der Waals surface area (Å²) in [6.45, 7) is -1.07. The Kier molecular flexibility index (Phi) is 7.55. The molecule has 1 aliphatic heterocycles. The number of aldehydes is 1. The quantitative estimate of drug-likeness (QED) is 0.205. The highest BCUT2D eigenvalue weighted by Crippen LogP contribution is 2.61. The zero-order chi connectivity index (χ0) is 27.1. The van der Waals surface area contributed by atoms with Crippen LogP contribution in [0.2, 0.25) is 0 Å². The highest BCUT2D eigenvalue weighted by atomic mass is 19.4. The fraction of sp³-hybridized carbons (Fsp3) is 0.550. The molecule has 1 aromatic carbocycles. The number of allylic oxidation sites excluding steroid dienone is 2. The molecule has 0 spiro atoms. The first-order valence-corrected chi connectivity index (χ1v) is 9.70. The predicted octanol–water partition coefficient (Wildman–Crippen LogP) is 6.52. The third-order valence-corrected chi connectivity index (χ3v) is 5.34. The van der Waals surface area contributed by atoms with E-state index in [0.29, 0.717) is 4.90 Å². The van der Waals surface area contributed by atoms with Gasteiger partial charge in [0.25, 0.3) is 0 Å². The van der Waals surface area contributed by atoms with Gasteiger partial charge >= 0.3 is 35.8 Å². The average molecular weight is 533 g/mol. The molecule has 1 fully saturated rings. The van der Waals surface area contributed by atoms with Crippen molar-refractivity contribution < 1.29 is 61.9 Å². The summed E-state index contributed by atoms with van der Waals surface area (Å²) >= 11 is 0. The first kappa shape index (κ1) is 28.8. The normalized spacial score (nSPS) is 17.5. The van der Waals surface area contributed by atoms with Crippen LogP contribution in [-0.4, -0.2) is 60.1 Å². The van der Waals surface area contributed by atoms with E-state index in [1.807, 2.05) is 0 Å². The molecule has 35 heavy (non-hydrogen) atoms. The summed E-state index contributed by atoms with van der Waals surface area (Å²) in [5.74, 6) is -37.7. The van der Waals surface area contributed by atoms with Crippen molar-refractivity contribution in [3.05, 3.63) is 47.2 Å². The topological polar surface area (TPSA) is 20.3 Å². The summed E-state index contributed by atoms with van der Waals surface area (Å²) in [6, 6.07) is 6.52. The Balaban J connectivity index is 2.73. The maximum absolute atomic E-state index is 15.0. The number of benzene rings is 1. The van der Waals surface area contributed by atoms with Gasteiger partial charge in [0.15, 0.2) is 0 Å². The summed E-state index contributed by atoms with van der Waals surface area (Å²) in [5.41, 5.74) is -3.42. The molecule has 1 aliphatic rings. The van der Waals surface area contributed by atoms with Crippen molar-refractivity contribution in [2.45, 2.75) is 55.1 Å². The molecule has 198 valence electrons. The molecule has 1 heterocycles. The highest BCUT2D eigenvalue weighted by molar-refractivity contribution is 5.76. The van der Waals surface area contributed by atoms with Crippen LogP contribution in [0.25, 0.3) is 0 Å². The lowest BCUT2D eigenvalue weighted by Gasteiger charge is -2.42. The summed E-state index contributed by atoms with van der Waals surface area (Å²) in [6.07, 6.45) is -8.77. The molecule has 1 aromatic rings. The monoisotopic (exact) mass is 533 g/mol. The van der Waals surface area contributed by atoms with E-state index in [4.69, 9.17) is 0 Å². The molecule has 2 nitrogen and oxygen atoms in total. The molecule has 1 saturated heterocycles. The number of hydrogen-bond acceptors (Lipinski definition) is 2. The minimum absolute atomic E-state index is 0.0152. The van der Waals surface area contributed by atoms with Crippen LogP contribution in [-0.2, 0) is 11.2 Å². The second-order valence-corrected chi connectivity index (χ2v) is 7.72. The number of carbonyl (C=O) groups excluding carboxylic acids is 1. The zero-order valence-corrected chi connectivity index (χ0v) is 17.3. The van der Waals surface area contributed by atoms with Crippen LogP contribution in [0.3, 0.4) is 0 Å². The molecule has 15 heteroatoms. The molecule has 0 aromatic heterocycles. The Morgan fingerprint density at radius 3 is 1.60 bits per heavy atom. The van der Waals surface area contributed by atoms with Gasteiger partial charge in [-0.15, -0.1) is 0 Å². The average Bonchev–Trinajstić information content (AvgIpc) is 3.26. The number of likely N-dealkylation sites (tertiary alicyclic amines) is 1. The lowest BCUT2D eigenvalue weighted by atomic mass is 9.89. The van der Waals surface area contributed by atoms with Gasteiger partial charge in [0, 0.05) is 25.1 Å². The van der Waals surface area contributed by atoms with Gasteiger partial charge in [-0.05, 0) is 18.4 Å². The minimum Gasteiger partial charge on any atom is -0.369 e. The first-order chi connectivity index (χ1) is 15.8. The molecule has 0 atom stereocenters. The molecule has 0 radical (unpaired) electrons. The molecular formula is C20H16F13NO. The fourth-order valence-electron chi connectivity index (χ4n) is 3.46. The van der Waals surface area contributed by atoms with E-state index in [9.17, 15) is 53.1 Å². The Hall–Kier alpha value is -2.48. The fourth-order valence-corrected chi connectivity index (χ4v) is 3.46. The largest absolute Gasteiger partial charge is 0.460 e. The van der Waals surface area contributed by atoms with E-state index in [1.54, 1.807) is 0 Å². The van der Waals surface area contributed by atoms with Crippen molar-refractivity contribution in [2.75, 3.05) is 13.1 Å². The van der Waals surface area contributed by atoms with E-state index in [-0.39, 0.29) is 18.4 Å². The van der Waals surface area contributed by atoms with Gasteiger partial charge in [0.2, 0.25) is 0 Å². The minimum atomic E-state index is -8.00. The predicted molar refractivity (Wildman–Crippen MR) is 94.8 cm³/mol. The zero-order valence-electron chi connectivity index (χ0n) is 17.3. The second-order valence-electron chi connectivity index (χ2n) is 7.72. The third kappa shape index (κ3) is 4.57. The van der Waals surface area contributed by atoms with Crippen LogP contribution in [0.15, 0.2) is 41.6 Å². The Bertz CT molecular complexity index is 932. The van der Waals surface area contributed by atoms with Crippen LogP contribution in [0.5, 0.6) is 0 Å². The van der Waals surface area contributed by atoms with Gasteiger partial charge < -0.3 is 4.90 Å². The SMILES string of the molecule is O=C/C(Cc1ccccc1)=C(/N1CCCC1)C(F)(F)C(F)(F)C(F)(F)C(F)(F)C(F)(F)C(F)(F)F. The van der Waals surface area contributed by atoms with E-state index in [0.717, 1.165) is 0 Å². The lowest BCUT2D eigenvalue weighted by molar-refractivity contribution is -0.437. The van der Waals surface area contributed by atoms with E-state index >= 15 is 8.78 Å². The maximum atomic E-state index is 15.0. The van der Waals surface area contributed by atoms with Crippen molar-refractivity contribution in [1.82, 2.24) is 4.90 Å². The van der Waals surface area contributed by atoms with Crippen LogP contribution >= 0.6 is 0 Å². The first-order valence-electron chi connectivity index (χ1n) is 9.70. The third-order valence-electron chi connectivity index (χ3n) is 5.34. The number of alkyl halides is 13. The van der Waals surface area contributed by atoms with Crippen LogP contribution < -0.4 is 0 Å². The molecule has 0 bridgehead atoms. The van der Waals surface area contributed by atoms with Gasteiger partial charge in [-0.1, -0.05) is 30.3 Å². The van der Waals surface area contributed by atoms with Gasteiger partial charge in [0.1, 0.15) is 6.29 Å². The molecule has 0 aliphatic carbocycles. The Morgan fingerprint density at radius 1 is 0.714 bits per heavy atom. The molecule has 0 saturated carbocycles. The summed E-state index contributed by atoms with van der Waals surface area (Å²) in [5, 5.41) is 0. The Labute approximate surface area is 189 Å².